The van der Waals surface area contributed by atoms with Gasteiger partial charge in [0.1, 0.15) is 24.2 Å². The average Bonchev–Trinajstić information content (AvgIpc) is 2.97. The van der Waals surface area contributed by atoms with E-state index in [-0.39, 0.29) is 6.61 Å². The molecule has 0 aliphatic carbocycles. The van der Waals surface area contributed by atoms with E-state index in [9.17, 15) is 9.90 Å². The number of carboxylic acids is 1. The van der Waals surface area contributed by atoms with Crippen LogP contribution in [0.5, 0.6) is 5.75 Å². The molecule has 124 valence electrons. The first kappa shape index (κ1) is 16.1. The standard InChI is InChI=1S/C19H20N2O3/c1-3-14-8-10-15(11-9-14)24-12-18-20-16-6-4-5-7-17(16)21(18)13(2)19(22)23/h4-11,13H,3,12H2,1-2H3,(H,22,23). The molecule has 24 heavy (non-hydrogen) atoms. The fourth-order valence-electron chi connectivity index (χ4n) is 2.71. The molecular formula is C19H20N2O3. The van der Waals surface area contributed by atoms with Crippen LogP contribution in [0.4, 0.5) is 0 Å². The number of carbonyl (C=O) groups is 1. The van der Waals surface area contributed by atoms with Gasteiger partial charge in [0.05, 0.1) is 11.0 Å². The number of imidazole rings is 1. The van der Waals surface area contributed by atoms with Gasteiger partial charge in [-0.05, 0) is 43.2 Å². The molecule has 2 aromatic carbocycles. The van der Waals surface area contributed by atoms with E-state index in [0.717, 1.165) is 23.2 Å². The molecule has 0 spiro atoms. The lowest BCUT2D eigenvalue weighted by atomic mass is 10.2. The zero-order valence-corrected chi connectivity index (χ0v) is 13.8. The minimum absolute atomic E-state index is 0.220. The van der Waals surface area contributed by atoms with Gasteiger partial charge in [-0.3, -0.25) is 0 Å². The molecule has 1 aromatic heterocycles. The second-order valence-corrected chi connectivity index (χ2v) is 5.69. The van der Waals surface area contributed by atoms with E-state index in [1.807, 2.05) is 48.5 Å². The molecule has 5 heteroatoms. The van der Waals surface area contributed by atoms with E-state index >= 15 is 0 Å². The number of benzene rings is 2. The Hall–Kier alpha value is -2.82. The summed E-state index contributed by atoms with van der Waals surface area (Å²) in [7, 11) is 0. The smallest absolute Gasteiger partial charge is 0.326 e. The Bertz CT molecular complexity index is 853. The van der Waals surface area contributed by atoms with Crippen LogP contribution in [0.3, 0.4) is 0 Å². The fourth-order valence-corrected chi connectivity index (χ4v) is 2.71. The van der Waals surface area contributed by atoms with E-state index in [1.165, 1.54) is 5.56 Å². The summed E-state index contributed by atoms with van der Waals surface area (Å²) in [6.45, 7) is 3.97. The summed E-state index contributed by atoms with van der Waals surface area (Å²) in [5.74, 6) is 0.450. The maximum atomic E-state index is 11.4. The first-order chi connectivity index (χ1) is 11.6. The highest BCUT2D eigenvalue weighted by molar-refractivity contribution is 5.80. The van der Waals surface area contributed by atoms with Gasteiger partial charge >= 0.3 is 5.97 Å². The molecule has 3 rings (SSSR count). The molecule has 5 nitrogen and oxygen atoms in total. The molecule has 0 aliphatic heterocycles. The van der Waals surface area contributed by atoms with Crippen molar-refractivity contribution in [2.75, 3.05) is 0 Å². The Morgan fingerprint density at radius 2 is 1.92 bits per heavy atom. The molecule has 1 unspecified atom stereocenters. The van der Waals surface area contributed by atoms with Gasteiger partial charge in [0, 0.05) is 0 Å². The molecule has 0 aliphatic rings. The third-order valence-electron chi connectivity index (χ3n) is 4.11. The lowest BCUT2D eigenvalue weighted by molar-refractivity contribution is -0.140. The Morgan fingerprint density at radius 3 is 2.58 bits per heavy atom. The van der Waals surface area contributed by atoms with E-state index in [1.54, 1.807) is 11.5 Å². The van der Waals surface area contributed by atoms with Crippen molar-refractivity contribution in [1.82, 2.24) is 9.55 Å². The molecule has 1 atom stereocenters. The largest absolute Gasteiger partial charge is 0.486 e. The van der Waals surface area contributed by atoms with Crippen molar-refractivity contribution in [3.05, 3.63) is 59.9 Å². The number of para-hydroxylation sites is 2. The molecule has 0 saturated carbocycles. The average molecular weight is 324 g/mol. The third kappa shape index (κ3) is 3.11. The van der Waals surface area contributed by atoms with Crippen LogP contribution in [0.2, 0.25) is 0 Å². The van der Waals surface area contributed by atoms with Crippen molar-refractivity contribution in [2.24, 2.45) is 0 Å². The first-order valence-electron chi connectivity index (χ1n) is 8.00. The number of hydrogen-bond acceptors (Lipinski definition) is 3. The van der Waals surface area contributed by atoms with Gasteiger partial charge < -0.3 is 14.4 Å². The van der Waals surface area contributed by atoms with Gasteiger partial charge in [-0.15, -0.1) is 0 Å². The molecule has 0 saturated heterocycles. The molecule has 1 N–H and O–H groups in total. The van der Waals surface area contributed by atoms with Gasteiger partial charge in [-0.2, -0.15) is 0 Å². The maximum absolute atomic E-state index is 11.4. The molecular weight excluding hydrogens is 304 g/mol. The highest BCUT2D eigenvalue weighted by atomic mass is 16.5. The summed E-state index contributed by atoms with van der Waals surface area (Å²) >= 11 is 0. The molecule has 0 bridgehead atoms. The molecule has 0 radical (unpaired) electrons. The molecule has 0 amide bonds. The summed E-state index contributed by atoms with van der Waals surface area (Å²) in [4.78, 5) is 16.0. The number of rotatable bonds is 6. The Morgan fingerprint density at radius 1 is 1.21 bits per heavy atom. The summed E-state index contributed by atoms with van der Waals surface area (Å²) in [5, 5.41) is 9.39. The van der Waals surface area contributed by atoms with Crippen molar-refractivity contribution in [2.45, 2.75) is 32.9 Å². The summed E-state index contributed by atoms with van der Waals surface area (Å²) < 4.78 is 7.54. The topological polar surface area (TPSA) is 64.4 Å². The van der Waals surface area contributed by atoms with Crippen LogP contribution in [0, 0.1) is 0 Å². The second-order valence-electron chi connectivity index (χ2n) is 5.69. The van der Waals surface area contributed by atoms with E-state index in [0.29, 0.717) is 5.82 Å². The summed E-state index contributed by atoms with van der Waals surface area (Å²) in [6.07, 6.45) is 0.978. The third-order valence-corrected chi connectivity index (χ3v) is 4.11. The van der Waals surface area contributed by atoms with Gasteiger partial charge in [-0.1, -0.05) is 31.2 Å². The summed E-state index contributed by atoms with van der Waals surface area (Å²) in [6, 6.07) is 14.7. The van der Waals surface area contributed by atoms with Crippen molar-refractivity contribution in [3.8, 4) is 5.75 Å². The second kappa shape index (κ2) is 6.74. The van der Waals surface area contributed by atoms with Crippen LogP contribution in [-0.2, 0) is 17.8 Å². The number of ether oxygens (including phenoxy) is 1. The number of aromatic nitrogens is 2. The van der Waals surface area contributed by atoms with Crippen molar-refractivity contribution >= 4 is 17.0 Å². The Kier molecular flexibility index (Phi) is 4.51. The molecule has 3 aromatic rings. The van der Waals surface area contributed by atoms with E-state index in [2.05, 4.69) is 11.9 Å². The Labute approximate surface area is 140 Å². The lowest BCUT2D eigenvalue weighted by Crippen LogP contribution is -2.19. The maximum Gasteiger partial charge on any atom is 0.326 e. The van der Waals surface area contributed by atoms with E-state index < -0.39 is 12.0 Å². The number of carboxylic acid groups (broad SMARTS) is 1. The number of nitrogens with zero attached hydrogens (tertiary/aromatic N) is 2. The predicted molar refractivity (Wildman–Crippen MR) is 92.2 cm³/mol. The van der Waals surface area contributed by atoms with Crippen LogP contribution >= 0.6 is 0 Å². The monoisotopic (exact) mass is 324 g/mol. The van der Waals surface area contributed by atoms with Crippen molar-refractivity contribution in [1.29, 1.82) is 0 Å². The normalized spacial score (nSPS) is 12.2. The van der Waals surface area contributed by atoms with Crippen molar-refractivity contribution < 1.29 is 14.6 Å². The zero-order chi connectivity index (χ0) is 17.1. The van der Waals surface area contributed by atoms with E-state index in [4.69, 9.17) is 4.74 Å². The first-order valence-corrected chi connectivity index (χ1v) is 8.00. The van der Waals surface area contributed by atoms with Crippen LogP contribution in [0.25, 0.3) is 11.0 Å². The lowest BCUT2D eigenvalue weighted by Gasteiger charge is -2.14. The van der Waals surface area contributed by atoms with Crippen LogP contribution < -0.4 is 4.74 Å². The van der Waals surface area contributed by atoms with Crippen molar-refractivity contribution in [3.63, 3.8) is 0 Å². The molecule has 0 fully saturated rings. The Balaban J connectivity index is 1.90. The van der Waals surface area contributed by atoms with Crippen LogP contribution in [0.15, 0.2) is 48.5 Å². The van der Waals surface area contributed by atoms with Gasteiger partial charge in [0.25, 0.3) is 0 Å². The van der Waals surface area contributed by atoms with Crippen LogP contribution in [-0.4, -0.2) is 20.6 Å². The minimum Gasteiger partial charge on any atom is -0.486 e. The fraction of sp³-hybridized carbons (Fsp3) is 0.263. The number of fused-ring (bicyclic) bond motifs is 1. The minimum atomic E-state index is -0.897. The number of aryl methyl sites for hydroxylation is 1. The molecule has 1 heterocycles. The van der Waals surface area contributed by atoms with Crippen LogP contribution in [0.1, 0.15) is 31.3 Å². The SMILES string of the molecule is CCc1ccc(OCc2nc3ccccc3n2C(C)C(=O)O)cc1. The number of hydrogen-bond donors (Lipinski definition) is 1. The number of aliphatic carboxylic acids is 1. The highest BCUT2D eigenvalue weighted by Gasteiger charge is 2.21. The zero-order valence-electron chi connectivity index (χ0n) is 13.8. The predicted octanol–water partition coefficient (Wildman–Crippen LogP) is 3.82. The van der Waals surface area contributed by atoms with Gasteiger partial charge in [0.2, 0.25) is 0 Å². The summed E-state index contributed by atoms with van der Waals surface area (Å²) in [5.41, 5.74) is 2.81. The quantitative estimate of drug-likeness (QED) is 0.748. The van der Waals surface area contributed by atoms with Gasteiger partial charge in [0.15, 0.2) is 0 Å². The van der Waals surface area contributed by atoms with Gasteiger partial charge in [-0.25, -0.2) is 9.78 Å². The highest BCUT2D eigenvalue weighted by Crippen LogP contribution is 2.23.